The zero-order valence-electron chi connectivity index (χ0n) is 17.5. The average Bonchev–Trinajstić information content (AvgIpc) is 2.08. The van der Waals surface area contributed by atoms with E-state index >= 15 is 0 Å². The maximum atomic E-state index is 9.56. The topological polar surface area (TPSA) is 309 Å². The first-order valence-corrected chi connectivity index (χ1v) is 9.53. The Balaban J connectivity index is -0.0000000125. The quantitative estimate of drug-likeness (QED) is 0.222. The van der Waals surface area contributed by atoms with E-state index in [-0.39, 0.29) is 84.1 Å². The van der Waals surface area contributed by atoms with Crippen molar-refractivity contribution < 1.29 is 132 Å². The van der Waals surface area contributed by atoms with Gasteiger partial charge in [0.05, 0.1) is 0 Å². The minimum Gasteiger partial charge on any atom is -2.00 e. The van der Waals surface area contributed by atoms with Crippen molar-refractivity contribution in [2.45, 2.75) is 27.7 Å². The Labute approximate surface area is 228 Å². The summed E-state index contributed by atoms with van der Waals surface area (Å²) in [6, 6.07) is 0. The van der Waals surface area contributed by atoms with Gasteiger partial charge in [0.2, 0.25) is 0 Å². The molecule has 0 heterocycles. The molecule has 0 aliphatic carbocycles. The van der Waals surface area contributed by atoms with E-state index in [2.05, 4.69) is 0 Å². The molecule has 0 atom stereocenters. The first kappa shape index (κ1) is 77.8. The Bertz CT molecular complexity index is 278. The summed E-state index contributed by atoms with van der Waals surface area (Å²) >= 11 is 0. The van der Waals surface area contributed by atoms with E-state index in [9.17, 15) is 8.42 Å². The summed E-state index contributed by atoms with van der Waals surface area (Å²) in [5.41, 5.74) is 0. The zero-order valence-corrected chi connectivity index (χ0v) is 27.5. The molecule has 0 aromatic rings. The van der Waals surface area contributed by atoms with Crippen molar-refractivity contribution in [2.24, 2.45) is 0 Å². The third kappa shape index (κ3) is 1350000. The van der Waals surface area contributed by atoms with Gasteiger partial charge in [0, 0.05) is 133 Å². The Hall–Kier alpha value is 0.124. The Morgan fingerprint density at radius 3 is 0.467 bits per heavy atom. The van der Waals surface area contributed by atoms with Crippen molar-refractivity contribution in [1.82, 2.24) is 0 Å². The van der Waals surface area contributed by atoms with Crippen molar-refractivity contribution in [3.63, 3.8) is 0 Å². The SMILES string of the molecule is CC(=O)[O-].CC(=O)[O-].CC(=O)[O-].CC(=O)[O-].CS(C)=O.CS(C)=O.[O-2].[O-2].[O-2].[O-2].[U].[U]. The van der Waals surface area contributed by atoms with Gasteiger partial charge in [0.15, 0.2) is 0 Å². The van der Waals surface area contributed by atoms with Gasteiger partial charge in [-0.25, -0.2) is 0 Å². The number of hydrogen-bond acceptors (Lipinski definition) is 10. The van der Waals surface area contributed by atoms with E-state index in [1.165, 1.54) is 0 Å². The summed E-state index contributed by atoms with van der Waals surface area (Å²) in [5.74, 6) is -4.33. The van der Waals surface area contributed by atoms with Gasteiger partial charge in [-0.05, 0) is 27.7 Å². The molecular weight excluding hydrogens is 908 g/mol. The molecule has 0 unspecified atom stereocenters. The number of rotatable bonds is 0. The maximum Gasteiger partial charge on any atom is 0.0383 e. The molecule has 0 radical (unpaired) electrons. The molecule has 0 aromatic carbocycles. The van der Waals surface area contributed by atoms with Crippen LogP contribution in [0, 0.1) is 62.2 Å². The van der Waals surface area contributed by atoms with Gasteiger partial charge in [-0.15, -0.1) is 0 Å². The monoisotopic (exact) mass is 932 g/mol. The van der Waals surface area contributed by atoms with E-state index in [1.807, 2.05) is 0 Å². The second kappa shape index (κ2) is 70.1. The van der Waals surface area contributed by atoms with Crippen molar-refractivity contribution in [1.29, 1.82) is 0 Å². The number of carboxylic acid groups (broad SMARTS) is 4. The van der Waals surface area contributed by atoms with E-state index in [0.29, 0.717) is 0 Å². The van der Waals surface area contributed by atoms with Crippen molar-refractivity contribution in [3.8, 4) is 0 Å². The molecular formula is C12H24O14S2U2-12. The average molecular weight is 933 g/mol. The molecule has 14 nitrogen and oxygen atoms in total. The molecule has 0 aromatic heterocycles. The molecule has 0 fully saturated rings. The molecule has 0 aliphatic heterocycles. The van der Waals surface area contributed by atoms with Crippen LogP contribution in [0.4, 0.5) is 0 Å². The molecule has 30 heavy (non-hydrogen) atoms. The van der Waals surface area contributed by atoms with Gasteiger partial charge in [-0.2, -0.15) is 0 Å². The van der Waals surface area contributed by atoms with Crippen LogP contribution in [-0.2, 0) is 62.7 Å². The first-order chi connectivity index (χ1) is 10.4. The van der Waals surface area contributed by atoms with Crippen LogP contribution in [0.3, 0.4) is 0 Å². The predicted octanol–water partition coefficient (Wildman–Crippen LogP) is -5.46. The second-order valence-corrected chi connectivity index (χ2v) is 6.42. The van der Waals surface area contributed by atoms with E-state index in [1.54, 1.807) is 25.0 Å². The van der Waals surface area contributed by atoms with Crippen LogP contribution in [-0.4, -0.2) is 57.3 Å². The van der Waals surface area contributed by atoms with Gasteiger partial charge in [-0.1, -0.05) is 0 Å². The standard InChI is InChI=1S/4C2H4O2.2C2H6OS.4O.2U/c4*1-2(3)4;2*1-4(2)3;;;;;;/h4*1H3,(H,3,4);2*1-2H3;;;;;;/q;;;;;;4*-2;;/p-4. The third-order valence-corrected chi connectivity index (χ3v) is 0. The van der Waals surface area contributed by atoms with Crippen LogP contribution in [0.5, 0.6) is 0 Å². The molecule has 0 N–H and O–H groups in total. The fraction of sp³-hybridized carbons (Fsp3) is 0.667. The Morgan fingerprint density at radius 1 is 0.467 bits per heavy atom. The van der Waals surface area contributed by atoms with Gasteiger partial charge in [0.1, 0.15) is 0 Å². The van der Waals surface area contributed by atoms with Crippen LogP contribution >= 0.6 is 0 Å². The number of carbonyl (C=O) groups excluding carboxylic acids is 4. The zero-order chi connectivity index (χ0) is 21.5. The Kier molecular flexibility index (Phi) is 182. The molecule has 188 valence electrons. The summed E-state index contributed by atoms with van der Waals surface area (Å²) in [6.45, 7) is 3.89. The van der Waals surface area contributed by atoms with Crippen LogP contribution < -0.4 is 20.4 Å². The molecule has 0 saturated heterocycles. The van der Waals surface area contributed by atoms with Gasteiger partial charge >= 0.3 is 0 Å². The molecule has 0 spiro atoms. The summed E-state index contributed by atoms with van der Waals surface area (Å²) < 4.78 is 19.1. The van der Waals surface area contributed by atoms with Gasteiger partial charge in [-0.3, -0.25) is 8.42 Å². The number of hydrogen-bond donors (Lipinski definition) is 0. The molecule has 0 bridgehead atoms. The number of aliphatic carboxylic acids is 4. The molecule has 0 amide bonds. The molecule has 0 saturated carbocycles. The minimum absolute atomic E-state index is 0. The number of carboxylic acids is 4. The molecule has 0 rings (SSSR count). The number of carbonyl (C=O) groups is 4. The summed E-state index contributed by atoms with van der Waals surface area (Å²) in [5, 5.41) is 35.6. The van der Waals surface area contributed by atoms with Crippen LogP contribution in [0.1, 0.15) is 27.7 Å². The van der Waals surface area contributed by atoms with Crippen LogP contribution in [0.2, 0.25) is 0 Å². The fourth-order valence-electron chi connectivity index (χ4n) is 0. The van der Waals surface area contributed by atoms with Gasteiger partial charge < -0.3 is 61.5 Å². The van der Waals surface area contributed by atoms with E-state index < -0.39 is 45.5 Å². The smallest absolute Gasteiger partial charge is 0.0383 e. The van der Waals surface area contributed by atoms with Crippen molar-refractivity contribution in [3.05, 3.63) is 0 Å². The maximum absolute atomic E-state index is 9.56. The molecule has 18 heteroatoms. The van der Waals surface area contributed by atoms with Crippen LogP contribution in [0.25, 0.3) is 0 Å². The summed E-state index contributed by atoms with van der Waals surface area (Å²) in [4.78, 5) is 35.6. The molecule has 0 aliphatic rings. The van der Waals surface area contributed by atoms with Crippen molar-refractivity contribution in [2.75, 3.05) is 25.0 Å². The largest absolute Gasteiger partial charge is 2.00 e. The second-order valence-electron chi connectivity index (χ2n) is 3.45. The summed E-state index contributed by atoms with van der Waals surface area (Å²) in [6.07, 6.45) is 6.56. The summed E-state index contributed by atoms with van der Waals surface area (Å²) in [7, 11) is -1.22. The van der Waals surface area contributed by atoms with Crippen molar-refractivity contribution >= 4 is 45.5 Å². The first-order valence-electron chi connectivity index (χ1n) is 5.60. The van der Waals surface area contributed by atoms with Crippen LogP contribution in [0.15, 0.2) is 0 Å². The third-order valence-electron chi connectivity index (χ3n) is 0. The Morgan fingerprint density at radius 2 is 0.467 bits per heavy atom. The van der Waals surface area contributed by atoms with E-state index in [0.717, 1.165) is 27.7 Å². The fourth-order valence-corrected chi connectivity index (χ4v) is 0. The minimum atomic E-state index is -1.08. The van der Waals surface area contributed by atoms with E-state index in [4.69, 9.17) is 39.6 Å². The predicted molar refractivity (Wildman–Crippen MR) is 85.5 cm³/mol. The normalized spacial score (nSPS) is 5.67. The van der Waals surface area contributed by atoms with Gasteiger partial charge in [0.25, 0.3) is 0 Å².